The zero-order chi connectivity index (χ0) is 21.9. The van der Waals surface area contributed by atoms with Crippen LogP contribution in [0.25, 0.3) is 16.6 Å². The van der Waals surface area contributed by atoms with Crippen molar-refractivity contribution < 1.29 is 9.53 Å². The lowest BCUT2D eigenvalue weighted by Gasteiger charge is -2.37. The molecule has 0 unspecified atom stereocenters. The summed E-state index contributed by atoms with van der Waals surface area (Å²) in [4.78, 5) is 21.5. The first-order valence-corrected chi connectivity index (χ1v) is 10.6. The Morgan fingerprint density at radius 3 is 2.47 bits per heavy atom. The number of aromatic nitrogens is 5. The summed E-state index contributed by atoms with van der Waals surface area (Å²) in [5.74, 6) is 0.359. The molecule has 1 aliphatic rings. The molecule has 0 saturated carbocycles. The van der Waals surface area contributed by atoms with Crippen molar-refractivity contribution in [3.8, 4) is 5.69 Å². The maximum absolute atomic E-state index is 12.7. The molecule has 9 heteroatoms. The van der Waals surface area contributed by atoms with E-state index in [1.165, 1.54) is 0 Å². The van der Waals surface area contributed by atoms with Crippen molar-refractivity contribution in [2.75, 3.05) is 42.6 Å². The van der Waals surface area contributed by atoms with Crippen LogP contribution < -0.4 is 9.80 Å². The molecule has 162 valence electrons. The Morgan fingerprint density at radius 2 is 1.69 bits per heavy atom. The molecule has 0 amide bonds. The number of carbonyl (C=O) groups is 1. The van der Waals surface area contributed by atoms with Gasteiger partial charge in [0.25, 0.3) is 0 Å². The third-order valence-electron chi connectivity index (χ3n) is 5.57. The van der Waals surface area contributed by atoms with Gasteiger partial charge in [0.2, 0.25) is 5.95 Å². The van der Waals surface area contributed by atoms with Crippen molar-refractivity contribution in [2.24, 2.45) is 0 Å². The van der Waals surface area contributed by atoms with Crippen LogP contribution in [0.4, 0.5) is 11.6 Å². The molecule has 2 aromatic heterocycles. The van der Waals surface area contributed by atoms with Gasteiger partial charge in [0.1, 0.15) is 5.56 Å². The van der Waals surface area contributed by atoms with E-state index < -0.39 is 0 Å². The van der Waals surface area contributed by atoms with Crippen LogP contribution in [-0.4, -0.2) is 63.9 Å². The summed E-state index contributed by atoms with van der Waals surface area (Å²) < 4.78 is 7.06. The van der Waals surface area contributed by atoms with Gasteiger partial charge in [-0.25, -0.2) is 4.79 Å². The van der Waals surface area contributed by atoms with Crippen LogP contribution in [0.2, 0.25) is 0 Å². The normalized spacial score (nSPS) is 14.0. The number of esters is 1. The van der Waals surface area contributed by atoms with Crippen LogP contribution in [0, 0.1) is 0 Å². The van der Waals surface area contributed by atoms with E-state index in [0.717, 1.165) is 22.3 Å². The Morgan fingerprint density at radius 1 is 0.969 bits per heavy atom. The summed E-state index contributed by atoms with van der Waals surface area (Å²) in [6, 6.07) is 17.7. The van der Waals surface area contributed by atoms with Gasteiger partial charge in [0.15, 0.2) is 0 Å². The summed E-state index contributed by atoms with van der Waals surface area (Å²) in [5, 5.41) is 13.3. The third kappa shape index (κ3) is 3.62. The highest BCUT2D eigenvalue weighted by Gasteiger charge is 2.27. The first-order valence-electron chi connectivity index (χ1n) is 10.6. The molecule has 1 saturated heterocycles. The Bertz CT molecular complexity index is 1230. The van der Waals surface area contributed by atoms with Crippen molar-refractivity contribution in [3.05, 3.63) is 66.4 Å². The zero-order valence-electron chi connectivity index (χ0n) is 17.8. The fourth-order valence-corrected chi connectivity index (χ4v) is 4.07. The minimum absolute atomic E-state index is 0.320. The molecule has 1 aliphatic heterocycles. The molecule has 1 fully saturated rings. The molecule has 0 N–H and O–H groups in total. The lowest BCUT2D eigenvalue weighted by atomic mass is 10.1. The predicted molar refractivity (Wildman–Crippen MR) is 121 cm³/mol. The van der Waals surface area contributed by atoms with E-state index in [1.54, 1.807) is 10.9 Å². The van der Waals surface area contributed by atoms with Crippen LogP contribution in [0.3, 0.4) is 0 Å². The summed E-state index contributed by atoms with van der Waals surface area (Å²) in [5.41, 5.74) is 3.13. The molecule has 0 bridgehead atoms. The fourth-order valence-electron chi connectivity index (χ4n) is 4.07. The number of pyridine rings is 1. The number of carbonyl (C=O) groups excluding carboxylic acids is 1. The number of rotatable bonds is 5. The minimum Gasteiger partial charge on any atom is -0.462 e. The van der Waals surface area contributed by atoms with Crippen LogP contribution in [0.1, 0.15) is 17.3 Å². The number of ether oxygens (including phenoxy) is 1. The first-order chi connectivity index (χ1) is 15.8. The number of piperazine rings is 1. The number of hydrogen-bond donors (Lipinski definition) is 0. The molecule has 2 aromatic carbocycles. The van der Waals surface area contributed by atoms with E-state index in [2.05, 4.69) is 30.3 Å². The standard InChI is InChI=1S/C23H23N7O2/c1-2-32-22(31)19-16-24-20-11-7-6-10-18(20)21(19)28-12-14-29(15-13-28)23-25-26-27-30(23)17-8-4-3-5-9-17/h3-11,16H,2,12-15H2,1H3. The molecule has 32 heavy (non-hydrogen) atoms. The van der Waals surface area contributed by atoms with Gasteiger partial charge in [-0.05, 0) is 35.5 Å². The topological polar surface area (TPSA) is 89.3 Å². The van der Waals surface area contributed by atoms with E-state index in [1.807, 2.05) is 61.5 Å². The van der Waals surface area contributed by atoms with Crippen LogP contribution >= 0.6 is 0 Å². The zero-order valence-corrected chi connectivity index (χ0v) is 17.8. The van der Waals surface area contributed by atoms with Crippen molar-refractivity contribution in [1.29, 1.82) is 0 Å². The van der Waals surface area contributed by atoms with Crippen LogP contribution in [0.5, 0.6) is 0 Å². The van der Waals surface area contributed by atoms with Gasteiger partial charge in [-0.15, -0.1) is 0 Å². The van der Waals surface area contributed by atoms with Gasteiger partial charge in [-0.3, -0.25) is 4.98 Å². The van der Waals surface area contributed by atoms with E-state index in [0.29, 0.717) is 44.3 Å². The molecule has 0 spiro atoms. The molecule has 9 nitrogen and oxygen atoms in total. The molecular formula is C23H23N7O2. The van der Waals surface area contributed by atoms with E-state index in [9.17, 15) is 4.79 Å². The SMILES string of the molecule is CCOC(=O)c1cnc2ccccc2c1N1CCN(c2nnnn2-c2ccccc2)CC1. The van der Waals surface area contributed by atoms with Gasteiger partial charge >= 0.3 is 5.97 Å². The Hall–Kier alpha value is -4.01. The number of para-hydroxylation sites is 2. The Labute approximate surface area is 185 Å². The van der Waals surface area contributed by atoms with Crippen molar-refractivity contribution >= 4 is 28.5 Å². The maximum atomic E-state index is 12.7. The molecule has 0 atom stereocenters. The van der Waals surface area contributed by atoms with Crippen molar-refractivity contribution in [1.82, 2.24) is 25.2 Å². The summed E-state index contributed by atoms with van der Waals surface area (Å²) in [6.07, 6.45) is 1.62. The van der Waals surface area contributed by atoms with Gasteiger partial charge in [0.05, 0.1) is 23.5 Å². The quantitative estimate of drug-likeness (QED) is 0.448. The fraction of sp³-hybridized carbons (Fsp3) is 0.261. The number of hydrogen-bond acceptors (Lipinski definition) is 8. The van der Waals surface area contributed by atoms with Crippen molar-refractivity contribution in [2.45, 2.75) is 6.92 Å². The highest BCUT2D eigenvalue weighted by atomic mass is 16.5. The van der Waals surface area contributed by atoms with Crippen molar-refractivity contribution in [3.63, 3.8) is 0 Å². The minimum atomic E-state index is -0.351. The second kappa shape index (κ2) is 8.62. The largest absolute Gasteiger partial charge is 0.462 e. The summed E-state index contributed by atoms with van der Waals surface area (Å²) >= 11 is 0. The second-order valence-corrected chi connectivity index (χ2v) is 7.46. The van der Waals surface area contributed by atoms with Gasteiger partial charge in [0, 0.05) is 37.8 Å². The Kier molecular flexibility index (Phi) is 5.37. The first kappa shape index (κ1) is 19.9. The molecule has 0 radical (unpaired) electrons. The predicted octanol–water partition coefficient (Wildman–Crippen LogP) is 2.71. The molecule has 3 heterocycles. The summed E-state index contributed by atoms with van der Waals surface area (Å²) in [6.45, 7) is 4.98. The monoisotopic (exact) mass is 429 g/mol. The number of tetrazole rings is 1. The lowest BCUT2D eigenvalue weighted by Crippen LogP contribution is -2.48. The van der Waals surface area contributed by atoms with Gasteiger partial charge in [-0.2, -0.15) is 4.68 Å². The van der Waals surface area contributed by atoms with E-state index in [-0.39, 0.29) is 5.97 Å². The van der Waals surface area contributed by atoms with E-state index in [4.69, 9.17) is 4.74 Å². The highest BCUT2D eigenvalue weighted by Crippen LogP contribution is 2.31. The third-order valence-corrected chi connectivity index (χ3v) is 5.57. The molecule has 0 aliphatic carbocycles. The molecule has 5 rings (SSSR count). The average molecular weight is 429 g/mol. The van der Waals surface area contributed by atoms with Gasteiger partial charge < -0.3 is 14.5 Å². The number of fused-ring (bicyclic) bond motifs is 1. The second-order valence-electron chi connectivity index (χ2n) is 7.46. The van der Waals surface area contributed by atoms with Crippen LogP contribution in [-0.2, 0) is 4.74 Å². The highest BCUT2D eigenvalue weighted by molar-refractivity contribution is 6.05. The number of anilines is 2. The molecular weight excluding hydrogens is 406 g/mol. The summed E-state index contributed by atoms with van der Waals surface area (Å²) in [7, 11) is 0. The van der Waals surface area contributed by atoms with Crippen LogP contribution in [0.15, 0.2) is 60.8 Å². The molecule has 4 aromatic rings. The number of benzene rings is 2. The number of nitrogens with zero attached hydrogens (tertiary/aromatic N) is 7. The maximum Gasteiger partial charge on any atom is 0.341 e. The Balaban J connectivity index is 1.44. The van der Waals surface area contributed by atoms with Gasteiger partial charge in [-0.1, -0.05) is 41.5 Å². The average Bonchev–Trinajstić information content (AvgIpc) is 3.34. The lowest BCUT2D eigenvalue weighted by molar-refractivity contribution is 0.0527. The smallest absolute Gasteiger partial charge is 0.341 e. The van der Waals surface area contributed by atoms with E-state index >= 15 is 0 Å².